The lowest BCUT2D eigenvalue weighted by molar-refractivity contribution is -0.139. The molecule has 184 valence electrons. The first-order valence-corrected chi connectivity index (χ1v) is 11.8. The van der Waals surface area contributed by atoms with Crippen molar-refractivity contribution in [2.75, 3.05) is 19.7 Å². The molecule has 2 fully saturated rings. The highest BCUT2D eigenvalue weighted by molar-refractivity contribution is 5.85. The summed E-state index contributed by atoms with van der Waals surface area (Å²) in [5.74, 6) is -8.10. The van der Waals surface area contributed by atoms with Crippen molar-refractivity contribution in [2.24, 2.45) is 11.8 Å². The predicted molar refractivity (Wildman–Crippen MR) is 122 cm³/mol. The number of alkyl halides is 2. The van der Waals surface area contributed by atoms with Crippen LogP contribution >= 0.6 is 0 Å². The maximum atomic E-state index is 14.4. The quantitative estimate of drug-likeness (QED) is 0.563. The largest absolute Gasteiger partial charge is 0.481 e. The molecule has 2 N–H and O–H groups in total. The Kier molecular flexibility index (Phi) is 5.94. The number of amides is 2. The highest BCUT2D eigenvalue weighted by atomic mass is 19.3. The van der Waals surface area contributed by atoms with Gasteiger partial charge in [-0.25, -0.2) is 13.6 Å². The number of fused-ring (bicyclic) bond motifs is 3. The van der Waals surface area contributed by atoms with E-state index >= 15 is 0 Å². The van der Waals surface area contributed by atoms with Crippen molar-refractivity contribution in [1.82, 2.24) is 10.2 Å². The minimum atomic E-state index is -3.25. The zero-order valence-electron chi connectivity index (χ0n) is 19.0. The summed E-state index contributed by atoms with van der Waals surface area (Å²) in [5, 5.41) is 11.3. The van der Waals surface area contributed by atoms with Crippen LogP contribution < -0.4 is 5.32 Å². The standard InChI is InChI=1S/C26H26F2N2O5/c27-26(28)21(23(26)24(33)30(15-9-10-15)12-11-22(31)32)13-29-25(34)35-14-20-18-7-3-1-5-16(18)17-6-2-4-8-19(17)20/h1-8,15,20-21,23H,9-14H2,(H,29,34)(H,31,32)/t21-,23-/m0/s1. The Morgan fingerprint density at radius 2 is 1.63 bits per heavy atom. The van der Waals surface area contributed by atoms with Gasteiger partial charge in [-0.05, 0) is 35.1 Å². The van der Waals surface area contributed by atoms with Gasteiger partial charge in [0.25, 0.3) is 5.92 Å². The molecule has 0 spiro atoms. The van der Waals surface area contributed by atoms with Crippen molar-refractivity contribution in [2.45, 2.75) is 37.1 Å². The molecule has 0 aromatic heterocycles. The summed E-state index contributed by atoms with van der Waals surface area (Å²) >= 11 is 0. The number of hydrogen-bond donors (Lipinski definition) is 2. The number of nitrogens with zero attached hydrogens (tertiary/aromatic N) is 1. The minimum absolute atomic E-state index is 0.0634. The van der Waals surface area contributed by atoms with Gasteiger partial charge >= 0.3 is 12.1 Å². The van der Waals surface area contributed by atoms with Crippen molar-refractivity contribution < 1.29 is 33.0 Å². The molecule has 3 aliphatic carbocycles. The van der Waals surface area contributed by atoms with Crippen LogP contribution in [0.5, 0.6) is 0 Å². The van der Waals surface area contributed by atoms with Crippen LogP contribution in [0, 0.1) is 11.8 Å². The molecule has 2 aromatic carbocycles. The number of carbonyl (C=O) groups is 3. The monoisotopic (exact) mass is 484 g/mol. The van der Waals surface area contributed by atoms with E-state index in [4.69, 9.17) is 9.84 Å². The molecule has 2 atom stereocenters. The molecule has 0 saturated heterocycles. The molecular weight excluding hydrogens is 458 g/mol. The van der Waals surface area contributed by atoms with E-state index in [9.17, 15) is 23.2 Å². The van der Waals surface area contributed by atoms with Crippen LogP contribution in [0.1, 0.15) is 36.3 Å². The highest BCUT2D eigenvalue weighted by Gasteiger charge is 2.72. The third-order valence-electron chi connectivity index (χ3n) is 7.12. The van der Waals surface area contributed by atoms with Gasteiger partial charge in [-0.2, -0.15) is 0 Å². The lowest BCUT2D eigenvalue weighted by Crippen LogP contribution is -2.37. The van der Waals surface area contributed by atoms with E-state index in [0.29, 0.717) is 12.8 Å². The van der Waals surface area contributed by atoms with Crippen molar-refractivity contribution in [3.05, 3.63) is 59.7 Å². The fourth-order valence-electron chi connectivity index (χ4n) is 5.08. The molecule has 2 amide bonds. The summed E-state index contributed by atoms with van der Waals surface area (Å²) in [7, 11) is 0. The summed E-state index contributed by atoms with van der Waals surface area (Å²) in [6.07, 6.45) is 0.271. The third-order valence-corrected chi connectivity index (χ3v) is 7.12. The Labute approximate surface area is 201 Å². The minimum Gasteiger partial charge on any atom is -0.481 e. The number of benzene rings is 2. The molecule has 0 aliphatic heterocycles. The Balaban J connectivity index is 1.16. The van der Waals surface area contributed by atoms with Crippen LogP contribution in [0.4, 0.5) is 13.6 Å². The first-order chi connectivity index (χ1) is 16.8. The zero-order valence-corrected chi connectivity index (χ0v) is 19.0. The smallest absolute Gasteiger partial charge is 0.407 e. The number of halogens is 2. The average molecular weight is 484 g/mol. The summed E-state index contributed by atoms with van der Waals surface area (Å²) < 4.78 is 34.2. The molecule has 0 unspecified atom stereocenters. The Morgan fingerprint density at radius 1 is 1.03 bits per heavy atom. The van der Waals surface area contributed by atoms with Gasteiger partial charge in [-0.3, -0.25) is 9.59 Å². The number of hydrogen-bond acceptors (Lipinski definition) is 4. The normalized spacial score (nSPS) is 21.5. The Morgan fingerprint density at radius 3 is 2.20 bits per heavy atom. The SMILES string of the molecule is O=C(O)CCN(C(=O)[C@@H]1[C@H](CNC(=O)OCC2c3ccccc3-c3ccccc32)C1(F)F)C1CC1. The number of ether oxygens (including phenoxy) is 1. The van der Waals surface area contributed by atoms with E-state index in [1.54, 1.807) is 0 Å². The second kappa shape index (κ2) is 8.94. The molecule has 3 aliphatic rings. The number of nitrogens with one attached hydrogen (secondary N) is 1. The second-order valence-corrected chi connectivity index (χ2v) is 9.37. The molecule has 0 bridgehead atoms. The zero-order chi connectivity index (χ0) is 24.7. The van der Waals surface area contributed by atoms with Crippen LogP contribution in [0.25, 0.3) is 11.1 Å². The van der Waals surface area contributed by atoms with Gasteiger partial charge in [0.05, 0.1) is 12.3 Å². The van der Waals surface area contributed by atoms with E-state index in [0.717, 1.165) is 22.3 Å². The van der Waals surface area contributed by atoms with E-state index in [1.165, 1.54) is 4.90 Å². The molecule has 2 saturated carbocycles. The molecule has 35 heavy (non-hydrogen) atoms. The van der Waals surface area contributed by atoms with Gasteiger partial charge in [-0.15, -0.1) is 0 Å². The highest BCUT2D eigenvalue weighted by Crippen LogP contribution is 2.56. The van der Waals surface area contributed by atoms with Crippen molar-refractivity contribution in [3.63, 3.8) is 0 Å². The van der Waals surface area contributed by atoms with Crippen LogP contribution in [-0.2, 0) is 14.3 Å². The number of carboxylic acids is 1. The van der Waals surface area contributed by atoms with Crippen molar-refractivity contribution >= 4 is 18.0 Å². The number of alkyl carbamates (subject to hydrolysis) is 1. The first-order valence-electron chi connectivity index (χ1n) is 11.8. The van der Waals surface area contributed by atoms with E-state index in [2.05, 4.69) is 5.32 Å². The summed E-state index contributed by atoms with van der Waals surface area (Å²) in [6.45, 7) is -0.413. The van der Waals surface area contributed by atoms with Gasteiger partial charge in [-0.1, -0.05) is 48.5 Å². The number of carbonyl (C=O) groups excluding carboxylic acids is 2. The Bertz CT molecular complexity index is 1120. The molecule has 5 rings (SSSR count). The van der Waals surface area contributed by atoms with Gasteiger partial charge in [0, 0.05) is 25.0 Å². The number of carboxylic acid groups (broad SMARTS) is 1. The lowest BCUT2D eigenvalue weighted by Gasteiger charge is -2.21. The third kappa shape index (κ3) is 4.47. The fourth-order valence-corrected chi connectivity index (χ4v) is 5.08. The maximum absolute atomic E-state index is 14.4. The molecule has 0 radical (unpaired) electrons. The van der Waals surface area contributed by atoms with E-state index in [1.807, 2.05) is 48.5 Å². The molecule has 0 heterocycles. The van der Waals surface area contributed by atoms with Crippen LogP contribution in [0.2, 0.25) is 0 Å². The predicted octanol–water partition coefficient (Wildman–Crippen LogP) is 3.87. The summed E-state index contributed by atoms with van der Waals surface area (Å²) in [6, 6.07) is 15.6. The van der Waals surface area contributed by atoms with E-state index < -0.39 is 42.3 Å². The number of rotatable bonds is 9. The molecular formula is C26H26F2N2O5. The van der Waals surface area contributed by atoms with Crippen LogP contribution in [0.15, 0.2) is 48.5 Å². The Hall–Kier alpha value is -3.49. The summed E-state index contributed by atoms with van der Waals surface area (Å²) in [4.78, 5) is 37.2. The summed E-state index contributed by atoms with van der Waals surface area (Å²) in [5.41, 5.74) is 4.25. The van der Waals surface area contributed by atoms with Gasteiger partial charge in [0.2, 0.25) is 5.91 Å². The number of aliphatic carboxylic acids is 1. The van der Waals surface area contributed by atoms with Crippen molar-refractivity contribution in [3.8, 4) is 11.1 Å². The molecule has 2 aromatic rings. The van der Waals surface area contributed by atoms with E-state index in [-0.39, 0.29) is 31.5 Å². The van der Waals surface area contributed by atoms with Crippen LogP contribution in [0.3, 0.4) is 0 Å². The van der Waals surface area contributed by atoms with Crippen molar-refractivity contribution in [1.29, 1.82) is 0 Å². The fraction of sp³-hybridized carbons (Fsp3) is 0.423. The van der Waals surface area contributed by atoms with Gasteiger partial charge in [0.15, 0.2) is 0 Å². The molecule has 7 nitrogen and oxygen atoms in total. The average Bonchev–Trinajstić information content (AvgIpc) is 3.73. The van der Waals surface area contributed by atoms with Gasteiger partial charge in [0.1, 0.15) is 12.5 Å². The molecule has 9 heteroatoms. The second-order valence-electron chi connectivity index (χ2n) is 9.37. The van der Waals surface area contributed by atoms with Gasteiger partial charge < -0.3 is 20.1 Å². The maximum Gasteiger partial charge on any atom is 0.407 e. The first kappa shape index (κ1) is 23.3. The van der Waals surface area contributed by atoms with Crippen LogP contribution in [-0.4, -0.2) is 59.6 Å². The lowest BCUT2D eigenvalue weighted by atomic mass is 9.98. The topological polar surface area (TPSA) is 95.9 Å².